The molecule has 0 N–H and O–H groups in total. The van der Waals surface area contributed by atoms with Gasteiger partial charge in [0.1, 0.15) is 0 Å². The SMILES string of the molecule is O=C(OC(C(F)(F)F)C(F)(F)F)N1CCC2(CCCN2Cc2cnc(N3CCN(C4CC4)CC3)s2)CC1. The van der Waals surface area contributed by atoms with Gasteiger partial charge in [-0.05, 0) is 45.1 Å². The number of anilines is 1. The van der Waals surface area contributed by atoms with E-state index in [1.54, 1.807) is 11.3 Å². The zero-order chi connectivity index (χ0) is 26.4. The summed E-state index contributed by atoms with van der Waals surface area (Å²) in [6.07, 6.45) is -9.85. The highest BCUT2D eigenvalue weighted by molar-refractivity contribution is 7.15. The van der Waals surface area contributed by atoms with Crippen molar-refractivity contribution in [3.05, 3.63) is 11.1 Å². The Labute approximate surface area is 215 Å². The van der Waals surface area contributed by atoms with Crippen LogP contribution >= 0.6 is 11.3 Å². The number of alkyl halides is 6. The molecule has 0 unspecified atom stereocenters. The Morgan fingerprint density at radius 3 is 2.24 bits per heavy atom. The third-order valence-corrected chi connectivity index (χ3v) is 9.09. The maximum atomic E-state index is 12.8. The van der Waals surface area contributed by atoms with Gasteiger partial charge in [-0.3, -0.25) is 9.80 Å². The van der Waals surface area contributed by atoms with E-state index in [0.717, 1.165) is 66.5 Å². The van der Waals surface area contributed by atoms with Crippen molar-refractivity contribution in [2.75, 3.05) is 50.7 Å². The Hall–Kier alpha value is -1.80. The second kappa shape index (κ2) is 10.1. The molecule has 3 saturated heterocycles. The van der Waals surface area contributed by atoms with E-state index >= 15 is 0 Å². The van der Waals surface area contributed by atoms with Crippen LogP contribution in [0, 0.1) is 0 Å². The number of carbonyl (C=O) groups is 1. The van der Waals surface area contributed by atoms with E-state index in [-0.39, 0.29) is 18.6 Å². The number of piperidine rings is 1. The predicted octanol–water partition coefficient (Wildman–Crippen LogP) is 4.49. The number of hydrogen-bond acceptors (Lipinski definition) is 7. The second-order valence-electron chi connectivity index (χ2n) is 10.4. The lowest BCUT2D eigenvalue weighted by Gasteiger charge is -2.44. The fourth-order valence-electron chi connectivity index (χ4n) is 5.83. The van der Waals surface area contributed by atoms with Crippen molar-refractivity contribution in [2.24, 2.45) is 0 Å². The molecular formula is C23H31F6N5O2S. The number of halogens is 6. The predicted molar refractivity (Wildman–Crippen MR) is 124 cm³/mol. The van der Waals surface area contributed by atoms with Crippen LogP contribution < -0.4 is 4.90 Å². The lowest BCUT2D eigenvalue weighted by atomic mass is 9.85. The van der Waals surface area contributed by atoms with E-state index < -0.39 is 24.5 Å². The molecule has 1 amide bonds. The number of nitrogens with zero attached hydrogens (tertiary/aromatic N) is 5. The van der Waals surface area contributed by atoms with Crippen molar-refractivity contribution in [1.82, 2.24) is 19.7 Å². The van der Waals surface area contributed by atoms with E-state index in [2.05, 4.69) is 24.4 Å². The van der Waals surface area contributed by atoms with Crippen molar-refractivity contribution >= 4 is 22.6 Å². The van der Waals surface area contributed by atoms with Crippen LogP contribution in [0.3, 0.4) is 0 Å². The van der Waals surface area contributed by atoms with E-state index in [1.165, 1.54) is 12.8 Å². The molecule has 14 heteroatoms. The van der Waals surface area contributed by atoms with E-state index in [4.69, 9.17) is 0 Å². The highest BCUT2D eigenvalue weighted by Crippen LogP contribution is 2.41. The molecule has 4 fully saturated rings. The van der Waals surface area contributed by atoms with Gasteiger partial charge < -0.3 is 14.5 Å². The van der Waals surface area contributed by atoms with E-state index in [9.17, 15) is 31.1 Å². The lowest BCUT2D eigenvalue weighted by molar-refractivity contribution is -0.308. The number of carbonyl (C=O) groups excluding carboxylic acids is 1. The lowest BCUT2D eigenvalue weighted by Crippen LogP contribution is -2.54. The normalized spacial score (nSPS) is 23.9. The maximum Gasteiger partial charge on any atom is 0.434 e. The summed E-state index contributed by atoms with van der Waals surface area (Å²) >= 11 is 1.67. The third-order valence-electron chi connectivity index (χ3n) is 8.04. The molecule has 0 atom stereocenters. The molecule has 37 heavy (non-hydrogen) atoms. The first kappa shape index (κ1) is 26.8. The van der Waals surface area contributed by atoms with Gasteiger partial charge in [0.2, 0.25) is 0 Å². The molecule has 7 nitrogen and oxygen atoms in total. The summed E-state index contributed by atoms with van der Waals surface area (Å²) in [7, 11) is 0. The number of ether oxygens (including phenoxy) is 1. The van der Waals surface area contributed by atoms with E-state index in [0.29, 0.717) is 19.4 Å². The largest absolute Gasteiger partial charge is 0.434 e. The first-order chi connectivity index (χ1) is 17.4. The number of likely N-dealkylation sites (tertiary alicyclic amines) is 2. The fraction of sp³-hybridized carbons (Fsp3) is 0.826. The molecule has 1 spiro atoms. The summed E-state index contributed by atoms with van der Waals surface area (Å²) in [6.45, 7) is 5.68. The Balaban J connectivity index is 1.15. The minimum atomic E-state index is -5.72. The standard InChI is InChI=1S/C23H31F6N5O2S/c24-22(25,26)18(23(27,28)29)36-20(35)33-8-5-21(6-9-33)4-1-7-34(21)15-17-14-30-19(37-17)32-12-10-31(11-13-32)16-2-3-16/h14,16,18H,1-13,15H2. The summed E-state index contributed by atoms with van der Waals surface area (Å²) in [5, 5.41) is 1.01. The highest BCUT2D eigenvalue weighted by atomic mass is 32.1. The smallest absolute Gasteiger partial charge is 0.426 e. The topological polar surface area (TPSA) is 52.2 Å². The third kappa shape index (κ3) is 5.95. The van der Waals surface area contributed by atoms with Crippen molar-refractivity contribution in [1.29, 1.82) is 0 Å². The summed E-state index contributed by atoms with van der Waals surface area (Å²) in [5.41, 5.74) is -0.232. The quantitative estimate of drug-likeness (QED) is 0.500. The summed E-state index contributed by atoms with van der Waals surface area (Å²) in [4.78, 5) is 26.1. The van der Waals surface area contributed by atoms with Crippen molar-refractivity contribution < 1.29 is 35.9 Å². The summed E-state index contributed by atoms with van der Waals surface area (Å²) < 4.78 is 80.6. The van der Waals surface area contributed by atoms with Crippen molar-refractivity contribution in [2.45, 2.75) is 75.1 Å². The minimum Gasteiger partial charge on any atom is -0.426 e. The first-order valence-corrected chi connectivity index (χ1v) is 13.5. The Bertz CT molecular complexity index is 938. The van der Waals surface area contributed by atoms with Gasteiger partial charge in [-0.25, -0.2) is 9.78 Å². The van der Waals surface area contributed by atoms with Crippen LogP contribution in [-0.4, -0.2) is 102 Å². The molecule has 3 aliphatic heterocycles. The summed E-state index contributed by atoms with van der Waals surface area (Å²) in [5.74, 6) is 0. The van der Waals surface area contributed by atoms with Crippen LogP contribution in [-0.2, 0) is 11.3 Å². The average molecular weight is 556 g/mol. The number of aromatic nitrogens is 1. The number of thiazole rings is 1. The van der Waals surface area contributed by atoms with Crippen LogP contribution in [0.15, 0.2) is 6.20 Å². The molecule has 0 aromatic carbocycles. The molecule has 1 saturated carbocycles. The molecule has 4 aliphatic rings. The van der Waals surface area contributed by atoms with Gasteiger partial charge in [0, 0.05) is 68.5 Å². The zero-order valence-electron chi connectivity index (χ0n) is 20.4. The number of rotatable bonds is 5. The molecule has 1 aromatic rings. The van der Waals surface area contributed by atoms with Crippen molar-refractivity contribution in [3.63, 3.8) is 0 Å². The monoisotopic (exact) mass is 555 g/mol. The van der Waals surface area contributed by atoms with Crippen LogP contribution in [0.5, 0.6) is 0 Å². The Morgan fingerprint density at radius 2 is 1.65 bits per heavy atom. The van der Waals surface area contributed by atoms with E-state index in [1.807, 2.05) is 6.20 Å². The highest BCUT2D eigenvalue weighted by Gasteiger charge is 2.60. The molecule has 0 radical (unpaired) electrons. The van der Waals surface area contributed by atoms with Gasteiger partial charge in [0.15, 0.2) is 5.13 Å². The van der Waals surface area contributed by atoms with Crippen LogP contribution in [0.25, 0.3) is 0 Å². The molecular weight excluding hydrogens is 524 g/mol. The second-order valence-corrected chi connectivity index (χ2v) is 11.5. The minimum absolute atomic E-state index is 0.0526. The molecule has 5 rings (SSSR count). The zero-order valence-corrected chi connectivity index (χ0v) is 21.2. The van der Waals surface area contributed by atoms with Gasteiger partial charge in [0.05, 0.1) is 0 Å². The maximum absolute atomic E-state index is 12.8. The van der Waals surface area contributed by atoms with Crippen LogP contribution in [0.4, 0.5) is 36.3 Å². The average Bonchev–Trinajstić information content (AvgIpc) is 3.48. The molecule has 208 valence electrons. The van der Waals surface area contributed by atoms with Gasteiger partial charge >= 0.3 is 18.4 Å². The number of piperazine rings is 1. The molecule has 0 bridgehead atoms. The first-order valence-electron chi connectivity index (χ1n) is 12.7. The fourth-order valence-corrected chi connectivity index (χ4v) is 6.81. The Kier molecular flexibility index (Phi) is 7.29. The molecule has 1 aliphatic carbocycles. The van der Waals surface area contributed by atoms with Crippen LogP contribution in [0.1, 0.15) is 43.4 Å². The van der Waals surface area contributed by atoms with Gasteiger partial charge in [-0.1, -0.05) is 0 Å². The van der Waals surface area contributed by atoms with Gasteiger partial charge in [0.25, 0.3) is 6.10 Å². The Morgan fingerprint density at radius 1 is 1.00 bits per heavy atom. The molecule has 1 aromatic heterocycles. The van der Waals surface area contributed by atoms with Crippen molar-refractivity contribution in [3.8, 4) is 0 Å². The summed E-state index contributed by atoms with van der Waals surface area (Å²) in [6, 6.07) is 0.768. The van der Waals surface area contributed by atoms with Gasteiger partial charge in [-0.15, -0.1) is 11.3 Å². The van der Waals surface area contributed by atoms with Gasteiger partial charge in [-0.2, -0.15) is 26.3 Å². The number of hydrogen-bond donors (Lipinski definition) is 0. The number of amides is 1. The van der Waals surface area contributed by atoms with Crippen LogP contribution in [0.2, 0.25) is 0 Å². The molecule has 4 heterocycles.